The van der Waals surface area contributed by atoms with Crippen molar-refractivity contribution in [2.45, 2.75) is 18.0 Å². The van der Waals surface area contributed by atoms with Gasteiger partial charge in [-0.15, -0.1) is 0 Å². The van der Waals surface area contributed by atoms with E-state index in [4.69, 9.17) is 4.74 Å². The quantitative estimate of drug-likeness (QED) is 0.732. The molecule has 0 aliphatic rings. The largest absolute Gasteiger partial charge is 0.355 e. The molecule has 0 saturated carbocycles. The standard InChI is InChI=1S/C15H13BrF2O/c1-10(16)19-15(11-2-6-13(17)7-3-11)12-4-8-14(18)9-5-12/h2-10,15H,1H3. The molecule has 0 aliphatic heterocycles. The third-order valence-corrected chi connectivity index (χ3v) is 2.88. The van der Waals surface area contributed by atoms with Gasteiger partial charge in [0.15, 0.2) is 0 Å². The molecule has 2 aromatic carbocycles. The fourth-order valence-corrected chi connectivity index (χ4v) is 2.03. The summed E-state index contributed by atoms with van der Waals surface area (Å²) in [4.78, 5) is 0. The third kappa shape index (κ3) is 3.85. The first-order valence-corrected chi connectivity index (χ1v) is 6.78. The van der Waals surface area contributed by atoms with E-state index in [1.807, 2.05) is 6.92 Å². The van der Waals surface area contributed by atoms with Crippen molar-refractivity contribution in [3.63, 3.8) is 0 Å². The van der Waals surface area contributed by atoms with Crippen molar-refractivity contribution in [2.24, 2.45) is 0 Å². The van der Waals surface area contributed by atoms with Gasteiger partial charge in [-0.3, -0.25) is 0 Å². The topological polar surface area (TPSA) is 9.23 Å². The maximum atomic E-state index is 13.0. The van der Waals surface area contributed by atoms with Crippen LogP contribution in [0.1, 0.15) is 24.2 Å². The Morgan fingerprint density at radius 3 is 1.53 bits per heavy atom. The van der Waals surface area contributed by atoms with Crippen LogP contribution in [0.2, 0.25) is 0 Å². The number of hydrogen-bond acceptors (Lipinski definition) is 1. The van der Waals surface area contributed by atoms with Crippen LogP contribution in [0.25, 0.3) is 0 Å². The van der Waals surface area contributed by atoms with Crippen LogP contribution < -0.4 is 0 Å². The highest BCUT2D eigenvalue weighted by Gasteiger charge is 2.17. The van der Waals surface area contributed by atoms with Crippen molar-refractivity contribution in [3.05, 3.63) is 71.3 Å². The smallest absolute Gasteiger partial charge is 0.123 e. The fourth-order valence-electron chi connectivity index (χ4n) is 1.81. The van der Waals surface area contributed by atoms with Gasteiger partial charge in [-0.1, -0.05) is 40.2 Å². The minimum atomic E-state index is -0.365. The highest BCUT2D eigenvalue weighted by atomic mass is 79.9. The summed E-state index contributed by atoms with van der Waals surface area (Å²) in [6.07, 6.45) is -0.365. The Morgan fingerprint density at radius 2 is 1.21 bits per heavy atom. The maximum absolute atomic E-state index is 13.0. The van der Waals surface area contributed by atoms with Gasteiger partial charge in [0.2, 0.25) is 0 Å². The van der Waals surface area contributed by atoms with Crippen LogP contribution in [0.5, 0.6) is 0 Å². The summed E-state index contributed by atoms with van der Waals surface area (Å²) in [6, 6.07) is 12.2. The van der Waals surface area contributed by atoms with E-state index >= 15 is 0 Å². The highest BCUT2D eigenvalue weighted by Crippen LogP contribution is 2.28. The Bertz CT molecular complexity index is 477. The molecule has 0 heterocycles. The molecule has 0 fully saturated rings. The number of alkyl halides is 1. The minimum absolute atomic E-state index is 0.174. The molecular weight excluding hydrogens is 314 g/mol. The first-order chi connectivity index (χ1) is 9.06. The van der Waals surface area contributed by atoms with Gasteiger partial charge < -0.3 is 4.74 Å². The molecule has 0 N–H and O–H groups in total. The van der Waals surface area contributed by atoms with E-state index < -0.39 is 0 Å². The van der Waals surface area contributed by atoms with Gasteiger partial charge in [0, 0.05) is 0 Å². The summed E-state index contributed by atoms with van der Waals surface area (Å²) in [7, 11) is 0. The molecule has 1 unspecified atom stereocenters. The van der Waals surface area contributed by atoms with Crippen LogP contribution in [0.4, 0.5) is 8.78 Å². The first-order valence-electron chi connectivity index (χ1n) is 5.87. The molecule has 0 bridgehead atoms. The summed E-state index contributed by atoms with van der Waals surface area (Å²) in [5.41, 5.74) is 1.64. The van der Waals surface area contributed by atoms with Gasteiger partial charge in [0.05, 0.1) is 0 Å². The van der Waals surface area contributed by atoms with Gasteiger partial charge in [-0.05, 0) is 42.3 Å². The van der Waals surface area contributed by atoms with Gasteiger partial charge >= 0.3 is 0 Å². The van der Waals surface area contributed by atoms with E-state index in [9.17, 15) is 8.78 Å². The van der Waals surface area contributed by atoms with E-state index in [0.717, 1.165) is 11.1 Å². The third-order valence-electron chi connectivity index (χ3n) is 2.67. The molecule has 4 heteroatoms. The Balaban J connectivity index is 2.35. The zero-order chi connectivity index (χ0) is 13.8. The lowest BCUT2D eigenvalue weighted by Gasteiger charge is -2.20. The van der Waals surface area contributed by atoms with Gasteiger partial charge in [0.25, 0.3) is 0 Å². The van der Waals surface area contributed by atoms with E-state index in [0.29, 0.717) is 0 Å². The number of rotatable bonds is 4. The van der Waals surface area contributed by atoms with E-state index in [1.54, 1.807) is 24.3 Å². The monoisotopic (exact) mass is 326 g/mol. The molecule has 0 aliphatic carbocycles. The molecule has 0 spiro atoms. The minimum Gasteiger partial charge on any atom is -0.355 e. The molecule has 0 aromatic heterocycles. The zero-order valence-electron chi connectivity index (χ0n) is 10.3. The van der Waals surface area contributed by atoms with Crippen LogP contribution in [0.3, 0.4) is 0 Å². The molecule has 0 radical (unpaired) electrons. The second-order valence-electron chi connectivity index (χ2n) is 4.16. The average molecular weight is 327 g/mol. The number of benzene rings is 2. The van der Waals surface area contributed by atoms with E-state index in [1.165, 1.54) is 24.3 Å². The van der Waals surface area contributed by atoms with Crippen molar-refractivity contribution in [1.29, 1.82) is 0 Å². The Hall–Kier alpha value is -1.26. The van der Waals surface area contributed by atoms with Crippen molar-refractivity contribution >= 4 is 15.9 Å². The van der Waals surface area contributed by atoms with Crippen LogP contribution in [0, 0.1) is 11.6 Å². The fraction of sp³-hybridized carbons (Fsp3) is 0.200. The second kappa shape index (κ2) is 6.26. The number of ether oxygens (including phenoxy) is 1. The van der Waals surface area contributed by atoms with Gasteiger partial charge in [0.1, 0.15) is 22.8 Å². The zero-order valence-corrected chi connectivity index (χ0v) is 11.9. The lowest BCUT2D eigenvalue weighted by Crippen LogP contribution is -2.10. The molecule has 100 valence electrons. The van der Waals surface area contributed by atoms with Crippen molar-refractivity contribution < 1.29 is 13.5 Å². The van der Waals surface area contributed by atoms with E-state index in [-0.39, 0.29) is 22.8 Å². The maximum Gasteiger partial charge on any atom is 0.123 e. The Morgan fingerprint density at radius 1 is 0.842 bits per heavy atom. The predicted molar refractivity (Wildman–Crippen MR) is 74.1 cm³/mol. The van der Waals surface area contributed by atoms with Crippen molar-refractivity contribution in [1.82, 2.24) is 0 Å². The van der Waals surface area contributed by atoms with Crippen molar-refractivity contribution in [2.75, 3.05) is 0 Å². The average Bonchev–Trinajstić information content (AvgIpc) is 2.38. The van der Waals surface area contributed by atoms with Crippen LogP contribution >= 0.6 is 15.9 Å². The number of hydrogen-bond donors (Lipinski definition) is 0. The summed E-state index contributed by atoms with van der Waals surface area (Å²) in [5.74, 6) is -0.595. The number of halogens is 3. The molecule has 0 saturated heterocycles. The van der Waals surface area contributed by atoms with E-state index in [2.05, 4.69) is 15.9 Å². The molecule has 0 amide bonds. The molecule has 1 nitrogen and oxygen atoms in total. The highest BCUT2D eigenvalue weighted by molar-refractivity contribution is 9.09. The summed E-state index contributed by atoms with van der Waals surface area (Å²) >= 11 is 3.33. The molecule has 2 rings (SSSR count). The lowest BCUT2D eigenvalue weighted by molar-refractivity contribution is 0.0739. The second-order valence-corrected chi connectivity index (χ2v) is 5.45. The Kier molecular flexibility index (Phi) is 4.66. The normalized spacial score (nSPS) is 12.7. The van der Waals surface area contributed by atoms with Gasteiger partial charge in [-0.2, -0.15) is 0 Å². The van der Waals surface area contributed by atoms with Crippen LogP contribution in [-0.2, 0) is 4.74 Å². The summed E-state index contributed by atoms with van der Waals surface area (Å²) < 4.78 is 31.7. The van der Waals surface area contributed by atoms with Gasteiger partial charge in [-0.25, -0.2) is 8.78 Å². The molecular formula is C15H13BrF2O. The summed E-state index contributed by atoms with van der Waals surface area (Å²) in [5, 5.41) is -0.174. The predicted octanol–water partition coefficient (Wildman–Crippen LogP) is 4.81. The molecule has 2 aromatic rings. The van der Waals surface area contributed by atoms with Crippen LogP contribution in [0.15, 0.2) is 48.5 Å². The summed E-state index contributed by atoms with van der Waals surface area (Å²) in [6.45, 7) is 1.85. The van der Waals surface area contributed by atoms with Crippen LogP contribution in [-0.4, -0.2) is 5.01 Å². The lowest BCUT2D eigenvalue weighted by atomic mass is 10.0. The van der Waals surface area contributed by atoms with Crippen molar-refractivity contribution in [3.8, 4) is 0 Å². The first kappa shape index (κ1) is 14.2. The SMILES string of the molecule is CC(Br)OC(c1ccc(F)cc1)c1ccc(F)cc1. The Labute approximate surface area is 119 Å². The molecule has 1 atom stereocenters. The molecule has 19 heavy (non-hydrogen) atoms.